The number of carbonyl (C=O) groups excluding carboxylic acids is 1. The SMILES string of the molecule is Cc1cccc(C)c1OCC(C)NC(=O)c1ccc(N)cc1. The highest BCUT2D eigenvalue weighted by molar-refractivity contribution is 5.94. The number of benzene rings is 2. The lowest BCUT2D eigenvalue weighted by molar-refractivity contribution is 0.0926. The van der Waals surface area contributed by atoms with Crippen LogP contribution in [0.5, 0.6) is 5.75 Å². The van der Waals surface area contributed by atoms with Crippen molar-refractivity contribution in [2.45, 2.75) is 26.8 Å². The van der Waals surface area contributed by atoms with Crippen LogP contribution in [0.4, 0.5) is 5.69 Å². The van der Waals surface area contributed by atoms with Gasteiger partial charge in [-0.05, 0) is 56.2 Å². The minimum absolute atomic E-state index is 0.0935. The summed E-state index contributed by atoms with van der Waals surface area (Å²) in [4.78, 5) is 12.1. The predicted molar refractivity (Wildman–Crippen MR) is 89.2 cm³/mol. The number of para-hydroxylation sites is 1. The molecule has 1 unspecified atom stereocenters. The fourth-order valence-electron chi connectivity index (χ4n) is 2.22. The molecule has 0 bridgehead atoms. The number of hydrogen-bond donors (Lipinski definition) is 2. The van der Waals surface area contributed by atoms with Gasteiger partial charge in [-0.2, -0.15) is 0 Å². The van der Waals surface area contributed by atoms with Crippen LogP contribution >= 0.6 is 0 Å². The van der Waals surface area contributed by atoms with Crippen LogP contribution in [0.2, 0.25) is 0 Å². The molecule has 0 aliphatic rings. The molecule has 22 heavy (non-hydrogen) atoms. The molecule has 4 nitrogen and oxygen atoms in total. The summed E-state index contributed by atoms with van der Waals surface area (Å²) in [5.41, 5.74) is 9.04. The first kappa shape index (κ1) is 15.9. The third-order valence-electron chi connectivity index (χ3n) is 3.44. The minimum atomic E-state index is -0.127. The van der Waals surface area contributed by atoms with E-state index < -0.39 is 0 Å². The van der Waals surface area contributed by atoms with Crippen LogP contribution in [0.3, 0.4) is 0 Å². The van der Waals surface area contributed by atoms with E-state index in [0.29, 0.717) is 17.9 Å². The number of aryl methyl sites for hydroxylation is 2. The molecule has 0 spiro atoms. The second-order valence-corrected chi connectivity index (χ2v) is 5.53. The van der Waals surface area contributed by atoms with Gasteiger partial charge in [0, 0.05) is 11.3 Å². The van der Waals surface area contributed by atoms with E-state index in [2.05, 4.69) is 5.32 Å². The monoisotopic (exact) mass is 298 g/mol. The van der Waals surface area contributed by atoms with Crippen LogP contribution in [0.1, 0.15) is 28.4 Å². The Bertz CT molecular complexity index is 630. The van der Waals surface area contributed by atoms with Gasteiger partial charge in [0.25, 0.3) is 5.91 Å². The summed E-state index contributed by atoms with van der Waals surface area (Å²) in [7, 11) is 0. The highest BCUT2D eigenvalue weighted by Crippen LogP contribution is 2.22. The fourth-order valence-corrected chi connectivity index (χ4v) is 2.22. The molecule has 2 aromatic rings. The average Bonchev–Trinajstić information content (AvgIpc) is 2.47. The number of nitrogens with two attached hydrogens (primary N) is 1. The van der Waals surface area contributed by atoms with Gasteiger partial charge in [-0.25, -0.2) is 0 Å². The second-order valence-electron chi connectivity index (χ2n) is 5.53. The Hall–Kier alpha value is -2.49. The molecule has 0 aliphatic carbocycles. The average molecular weight is 298 g/mol. The van der Waals surface area contributed by atoms with E-state index >= 15 is 0 Å². The van der Waals surface area contributed by atoms with E-state index in [1.54, 1.807) is 24.3 Å². The molecule has 0 saturated carbocycles. The quantitative estimate of drug-likeness (QED) is 0.834. The Labute approximate surface area is 131 Å². The third kappa shape index (κ3) is 4.01. The van der Waals surface area contributed by atoms with Crippen LogP contribution in [0, 0.1) is 13.8 Å². The van der Waals surface area contributed by atoms with Crippen molar-refractivity contribution in [3.8, 4) is 5.75 Å². The Balaban J connectivity index is 1.91. The van der Waals surface area contributed by atoms with Crippen molar-refractivity contribution in [1.29, 1.82) is 0 Å². The standard InChI is InChI=1S/C18H22N2O2/c1-12-5-4-6-13(2)17(12)22-11-14(3)20-18(21)15-7-9-16(19)10-8-15/h4-10,14H,11,19H2,1-3H3,(H,20,21). The summed E-state index contributed by atoms with van der Waals surface area (Å²) in [5.74, 6) is 0.758. The number of carbonyl (C=O) groups is 1. The molecular weight excluding hydrogens is 276 g/mol. The van der Waals surface area contributed by atoms with E-state index in [0.717, 1.165) is 16.9 Å². The zero-order valence-electron chi connectivity index (χ0n) is 13.2. The largest absolute Gasteiger partial charge is 0.491 e. The van der Waals surface area contributed by atoms with Gasteiger partial charge in [-0.1, -0.05) is 18.2 Å². The molecular formula is C18H22N2O2. The molecule has 0 aliphatic heterocycles. The Kier molecular flexibility index (Phi) is 5.04. The normalized spacial score (nSPS) is 11.8. The first-order valence-corrected chi connectivity index (χ1v) is 7.33. The summed E-state index contributed by atoms with van der Waals surface area (Å²) in [5, 5.41) is 2.92. The van der Waals surface area contributed by atoms with E-state index in [1.165, 1.54) is 0 Å². The van der Waals surface area contributed by atoms with Gasteiger partial charge >= 0.3 is 0 Å². The predicted octanol–water partition coefficient (Wildman–Crippen LogP) is 3.08. The van der Waals surface area contributed by atoms with Crippen molar-refractivity contribution in [2.75, 3.05) is 12.3 Å². The van der Waals surface area contributed by atoms with Gasteiger partial charge in [0.2, 0.25) is 0 Å². The lowest BCUT2D eigenvalue weighted by Crippen LogP contribution is -2.36. The number of ether oxygens (including phenoxy) is 1. The fraction of sp³-hybridized carbons (Fsp3) is 0.278. The summed E-state index contributed by atoms with van der Waals surface area (Å²) in [6.07, 6.45) is 0. The van der Waals surface area contributed by atoms with E-state index in [1.807, 2.05) is 39.0 Å². The Morgan fingerprint density at radius 2 is 1.73 bits per heavy atom. The first-order valence-electron chi connectivity index (χ1n) is 7.33. The van der Waals surface area contributed by atoms with Gasteiger partial charge < -0.3 is 15.8 Å². The molecule has 0 aromatic heterocycles. The molecule has 0 saturated heterocycles. The van der Waals surface area contributed by atoms with Crippen molar-refractivity contribution in [1.82, 2.24) is 5.32 Å². The maximum Gasteiger partial charge on any atom is 0.251 e. The van der Waals surface area contributed by atoms with E-state index in [-0.39, 0.29) is 11.9 Å². The number of nitrogen functional groups attached to an aromatic ring is 1. The Morgan fingerprint density at radius 3 is 2.32 bits per heavy atom. The van der Waals surface area contributed by atoms with Crippen molar-refractivity contribution >= 4 is 11.6 Å². The zero-order chi connectivity index (χ0) is 16.1. The third-order valence-corrected chi connectivity index (χ3v) is 3.44. The number of rotatable bonds is 5. The van der Waals surface area contributed by atoms with Crippen molar-refractivity contribution in [3.63, 3.8) is 0 Å². The number of nitrogens with one attached hydrogen (secondary N) is 1. The smallest absolute Gasteiger partial charge is 0.251 e. The molecule has 0 heterocycles. The van der Waals surface area contributed by atoms with Crippen molar-refractivity contribution in [3.05, 3.63) is 59.2 Å². The molecule has 4 heteroatoms. The summed E-state index contributed by atoms with van der Waals surface area (Å²) >= 11 is 0. The van der Waals surface area contributed by atoms with Crippen molar-refractivity contribution < 1.29 is 9.53 Å². The van der Waals surface area contributed by atoms with Gasteiger partial charge in [0.05, 0.1) is 6.04 Å². The molecule has 2 rings (SSSR count). The number of amides is 1. The molecule has 116 valence electrons. The van der Waals surface area contributed by atoms with Crippen molar-refractivity contribution in [2.24, 2.45) is 0 Å². The highest BCUT2D eigenvalue weighted by Gasteiger charge is 2.11. The van der Waals surface area contributed by atoms with Gasteiger partial charge in [-0.3, -0.25) is 4.79 Å². The van der Waals surface area contributed by atoms with Crippen LogP contribution in [0.15, 0.2) is 42.5 Å². The van der Waals surface area contributed by atoms with Crippen LogP contribution in [-0.2, 0) is 0 Å². The zero-order valence-corrected chi connectivity index (χ0v) is 13.2. The maximum atomic E-state index is 12.1. The van der Waals surface area contributed by atoms with Crippen LogP contribution < -0.4 is 15.8 Å². The highest BCUT2D eigenvalue weighted by atomic mass is 16.5. The summed E-state index contributed by atoms with van der Waals surface area (Å²) in [6, 6.07) is 12.8. The molecule has 2 aromatic carbocycles. The van der Waals surface area contributed by atoms with E-state index in [9.17, 15) is 4.79 Å². The molecule has 0 radical (unpaired) electrons. The first-order chi connectivity index (χ1) is 10.5. The number of hydrogen-bond acceptors (Lipinski definition) is 3. The molecule has 1 atom stereocenters. The Morgan fingerprint density at radius 1 is 1.14 bits per heavy atom. The number of anilines is 1. The van der Waals surface area contributed by atoms with Gasteiger partial charge in [-0.15, -0.1) is 0 Å². The van der Waals surface area contributed by atoms with Crippen LogP contribution in [-0.4, -0.2) is 18.6 Å². The van der Waals surface area contributed by atoms with Crippen LogP contribution in [0.25, 0.3) is 0 Å². The maximum absolute atomic E-state index is 12.1. The summed E-state index contributed by atoms with van der Waals surface area (Å²) in [6.45, 7) is 6.37. The summed E-state index contributed by atoms with van der Waals surface area (Å²) < 4.78 is 5.85. The van der Waals surface area contributed by atoms with Gasteiger partial charge in [0.1, 0.15) is 12.4 Å². The topological polar surface area (TPSA) is 64.3 Å². The lowest BCUT2D eigenvalue weighted by Gasteiger charge is -2.17. The van der Waals surface area contributed by atoms with Gasteiger partial charge in [0.15, 0.2) is 0 Å². The lowest BCUT2D eigenvalue weighted by atomic mass is 10.1. The molecule has 0 fully saturated rings. The minimum Gasteiger partial charge on any atom is -0.491 e. The second kappa shape index (κ2) is 6.98. The van der Waals surface area contributed by atoms with E-state index in [4.69, 9.17) is 10.5 Å². The molecule has 3 N–H and O–H groups in total. The molecule has 1 amide bonds.